The van der Waals surface area contributed by atoms with Crippen LogP contribution in [0.1, 0.15) is 21.0 Å². The van der Waals surface area contributed by atoms with Crippen LogP contribution in [0.25, 0.3) is 22.3 Å². The third-order valence-corrected chi connectivity index (χ3v) is 4.31. The van der Waals surface area contributed by atoms with Gasteiger partial charge in [-0.3, -0.25) is 0 Å². The van der Waals surface area contributed by atoms with E-state index in [9.17, 15) is 14.4 Å². The van der Waals surface area contributed by atoms with E-state index >= 15 is 0 Å². The molecule has 4 rings (SSSR count). The average Bonchev–Trinajstić information content (AvgIpc) is 2.85. The van der Waals surface area contributed by atoms with Gasteiger partial charge in [0.25, 0.3) is 0 Å². The molecular weight excluding hydrogens is 444 g/mol. The fraction of sp³-hybridized carbons (Fsp3) is 0. The summed E-state index contributed by atoms with van der Waals surface area (Å²) in [6, 6.07) is 5.74. The lowest BCUT2D eigenvalue weighted by Crippen LogP contribution is -2.19. The first-order valence-electron chi connectivity index (χ1n) is 9.45. The Morgan fingerprint density at radius 2 is 0.882 bits per heavy atom. The van der Waals surface area contributed by atoms with Crippen LogP contribution in [-0.2, 0) is 9.47 Å². The van der Waals surface area contributed by atoms with Gasteiger partial charge < -0.3 is 20.9 Å². The van der Waals surface area contributed by atoms with Crippen molar-refractivity contribution in [1.82, 2.24) is 29.9 Å². The van der Waals surface area contributed by atoms with Crippen molar-refractivity contribution in [2.45, 2.75) is 0 Å². The molecule has 0 aromatic carbocycles. The van der Waals surface area contributed by atoms with Gasteiger partial charge in [0.1, 0.15) is 11.4 Å². The minimum atomic E-state index is -1.52. The second kappa shape index (κ2) is 9.44. The highest BCUT2D eigenvalue weighted by Crippen LogP contribution is 2.18. The lowest BCUT2D eigenvalue weighted by molar-refractivity contribution is 0.0331. The van der Waals surface area contributed by atoms with Crippen molar-refractivity contribution in [1.29, 1.82) is 0 Å². The van der Waals surface area contributed by atoms with Crippen molar-refractivity contribution >= 4 is 30.0 Å². The van der Waals surface area contributed by atoms with Crippen molar-refractivity contribution in [3.8, 4) is 22.3 Å². The summed E-state index contributed by atoms with van der Waals surface area (Å²) in [7, 11) is 0. The minimum Gasteiger partial charge on any atom is -0.368 e. The summed E-state index contributed by atoms with van der Waals surface area (Å²) in [5.74, 6) is -1.98. The molecular formula is C21H14N8O5. The van der Waals surface area contributed by atoms with Gasteiger partial charge in [-0.15, -0.1) is 0 Å². The van der Waals surface area contributed by atoms with E-state index in [4.69, 9.17) is 11.5 Å². The maximum atomic E-state index is 12.1. The van der Waals surface area contributed by atoms with Crippen molar-refractivity contribution in [3.63, 3.8) is 0 Å². The molecule has 13 heteroatoms. The van der Waals surface area contributed by atoms with Gasteiger partial charge in [0.15, 0.2) is 0 Å². The first kappa shape index (κ1) is 21.9. The predicted octanol–water partition coefficient (Wildman–Crippen LogP) is 1.69. The molecule has 0 saturated carbocycles. The number of pyridine rings is 2. The van der Waals surface area contributed by atoms with Crippen LogP contribution in [0.4, 0.5) is 16.7 Å². The molecule has 0 bridgehead atoms. The summed E-state index contributed by atoms with van der Waals surface area (Å²) in [5.41, 5.74) is 13.0. The van der Waals surface area contributed by atoms with Gasteiger partial charge in [0, 0.05) is 59.4 Å². The number of aromatic nitrogens is 6. The highest BCUT2D eigenvalue weighted by Gasteiger charge is 2.21. The zero-order valence-electron chi connectivity index (χ0n) is 17.2. The average molecular weight is 458 g/mol. The number of nitrogen functional groups attached to an aromatic ring is 2. The molecule has 34 heavy (non-hydrogen) atoms. The van der Waals surface area contributed by atoms with E-state index in [1.807, 2.05) is 0 Å². The maximum Gasteiger partial charge on any atom is 0.524 e. The van der Waals surface area contributed by atoms with Gasteiger partial charge in [-0.1, -0.05) is 12.1 Å². The molecule has 0 aliphatic carbocycles. The number of ether oxygens (including phenoxy) is 2. The van der Waals surface area contributed by atoms with E-state index in [2.05, 4.69) is 39.4 Å². The van der Waals surface area contributed by atoms with Gasteiger partial charge in [-0.05, 0) is 12.1 Å². The van der Waals surface area contributed by atoms with Crippen LogP contribution >= 0.6 is 0 Å². The van der Waals surface area contributed by atoms with Crippen molar-refractivity contribution in [3.05, 3.63) is 72.8 Å². The monoisotopic (exact) mass is 458 g/mol. The minimum absolute atomic E-state index is 0.118. The summed E-state index contributed by atoms with van der Waals surface area (Å²) in [4.78, 5) is 59.4. The maximum absolute atomic E-state index is 12.1. The zero-order chi connectivity index (χ0) is 24.1. The molecule has 13 nitrogen and oxygen atoms in total. The van der Waals surface area contributed by atoms with E-state index in [1.165, 1.54) is 49.3 Å². The van der Waals surface area contributed by atoms with Crippen LogP contribution in [0.3, 0.4) is 0 Å². The van der Waals surface area contributed by atoms with Gasteiger partial charge in [0.05, 0.1) is 0 Å². The molecule has 4 aromatic heterocycles. The Kier molecular flexibility index (Phi) is 6.07. The Morgan fingerprint density at radius 1 is 0.529 bits per heavy atom. The molecule has 0 radical (unpaired) electrons. The number of hydrogen-bond donors (Lipinski definition) is 2. The summed E-state index contributed by atoms with van der Waals surface area (Å²) < 4.78 is 9.03. The number of nitrogens with zero attached hydrogens (tertiary/aromatic N) is 6. The quantitative estimate of drug-likeness (QED) is 0.331. The molecule has 168 valence electrons. The Bertz CT molecular complexity index is 1240. The Labute approximate surface area is 190 Å². The van der Waals surface area contributed by atoms with Crippen LogP contribution in [0.5, 0.6) is 0 Å². The summed E-state index contributed by atoms with van der Waals surface area (Å²) >= 11 is 0. The number of esters is 2. The first-order valence-corrected chi connectivity index (χ1v) is 9.45. The predicted molar refractivity (Wildman–Crippen MR) is 116 cm³/mol. The molecule has 0 aliphatic heterocycles. The lowest BCUT2D eigenvalue weighted by Gasteiger charge is -2.05. The summed E-state index contributed by atoms with van der Waals surface area (Å²) in [6.45, 7) is 0. The fourth-order valence-corrected chi connectivity index (χ4v) is 2.62. The molecule has 0 fully saturated rings. The van der Waals surface area contributed by atoms with E-state index in [0.717, 1.165) is 0 Å². The fourth-order valence-electron chi connectivity index (χ4n) is 2.62. The highest BCUT2D eigenvalue weighted by molar-refractivity contribution is 5.99. The van der Waals surface area contributed by atoms with Crippen LogP contribution in [0.15, 0.2) is 61.4 Å². The molecule has 0 unspecified atom stereocenters. The summed E-state index contributed by atoms with van der Waals surface area (Å²) in [5, 5.41) is 0. The standard InChI is InChI=1S/C21H14N8O5/c22-19-26-7-13(8-27-19)11-1-3-15(24-5-11)17(30)33-21(32)34-18(31)16-4-2-12(6-25-16)14-9-28-20(23)29-10-14/h1-10H,(H2,22,26,27)(H2,23,28,29). The van der Waals surface area contributed by atoms with E-state index in [-0.39, 0.29) is 23.3 Å². The number of carbonyl (C=O) groups is 3. The van der Waals surface area contributed by atoms with Gasteiger partial charge in [-0.25, -0.2) is 44.3 Å². The van der Waals surface area contributed by atoms with Crippen molar-refractivity contribution in [2.24, 2.45) is 0 Å². The van der Waals surface area contributed by atoms with E-state index in [1.54, 1.807) is 12.1 Å². The molecule has 4 N–H and O–H groups in total. The zero-order valence-corrected chi connectivity index (χ0v) is 17.2. The van der Waals surface area contributed by atoms with Crippen molar-refractivity contribution < 1.29 is 23.9 Å². The molecule has 0 spiro atoms. The summed E-state index contributed by atoms with van der Waals surface area (Å²) in [6.07, 6.45) is 7.16. The Morgan fingerprint density at radius 3 is 1.21 bits per heavy atom. The first-order chi connectivity index (χ1) is 16.4. The van der Waals surface area contributed by atoms with Crippen LogP contribution in [0, 0.1) is 0 Å². The molecule has 0 amide bonds. The highest BCUT2D eigenvalue weighted by atomic mass is 16.8. The van der Waals surface area contributed by atoms with E-state index in [0.29, 0.717) is 22.3 Å². The lowest BCUT2D eigenvalue weighted by atomic mass is 10.1. The Balaban J connectivity index is 1.34. The van der Waals surface area contributed by atoms with Gasteiger partial charge >= 0.3 is 18.1 Å². The number of anilines is 2. The molecule has 4 heterocycles. The smallest absolute Gasteiger partial charge is 0.368 e. The van der Waals surface area contributed by atoms with Crippen molar-refractivity contribution in [2.75, 3.05) is 11.5 Å². The third kappa shape index (κ3) is 5.11. The molecule has 4 aromatic rings. The SMILES string of the molecule is Nc1ncc(-c2ccc(C(=O)OC(=O)OC(=O)c3ccc(-c4cnc(N)nc4)cn3)nc2)cn1. The second-order valence-corrected chi connectivity index (χ2v) is 6.55. The van der Waals surface area contributed by atoms with Crippen LogP contribution in [-0.4, -0.2) is 48.0 Å². The van der Waals surface area contributed by atoms with E-state index < -0.39 is 18.1 Å². The number of nitrogens with two attached hydrogens (primary N) is 2. The third-order valence-electron chi connectivity index (χ3n) is 4.31. The number of carbonyl (C=O) groups excluding carboxylic acids is 3. The molecule has 0 saturated heterocycles. The normalized spacial score (nSPS) is 10.4. The van der Waals surface area contributed by atoms with Crippen LogP contribution in [0.2, 0.25) is 0 Å². The topological polar surface area (TPSA) is 199 Å². The largest absolute Gasteiger partial charge is 0.524 e. The Hall–Kier alpha value is -5.33. The number of hydrogen-bond acceptors (Lipinski definition) is 13. The second-order valence-electron chi connectivity index (χ2n) is 6.55. The number of rotatable bonds is 4. The van der Waals surface area contributed by atoms with Gasteiger partial charge in [-0.2, -0.15) is 0 Å². The van der Waals surface area contributed by atoms with Crippen LogP contribution < -0.4 is 11.5 Å². The molecule has 0 atom stereocenters. The van der Waals surface area contributed by atoms with Gasteiger partial charge in [0.2, 0.25) is 11.9 Å². The molecule has 0 aliphatic rings.